The van der Waals surface area contributed by atoms with Crippen molar-refractivity contribution in [2.24, 2.45) is 5.41 Å². The van der Waals surface area contributed by atoms with E-state index in [1.54, 1.807) is 0 Å². The van der Waals surface area contributed by atoms with Crippen LogP contribution < -0.4 is 5.32 Å². The summed E-state index contributed by atoms with van der Waals surface area (Å²) in [7, 11) is 0. The van der Waals surface area contributed by atoms with Crippen molar-refractivity contribution in [3.05, 3.63) is 35.4 Å². The Labute approximate surface area is 126 Å². The third-order valence-corrected chi connectivity index (χ3v) is 5.41. The monoisotopic (exact) mass is 293 g/mol. The number of halogens is 2. The Morgan fingerprint density at radius 2 is 1.62 bits per heavy atom. The third kappa shape index (κ3) is 2.85. The Morgan fingerprint density at radius 3 is 2.14 bits per heavy atom. The maximum absolute atomic E-state index is 13.6. The predicted molar refractivity (Wildman–Crippen MR) is 81.3 cm³/mol. The summed E-state index contributed by atoms with van der Waals surface area (Å²) in [6.07, 6.45) is 7.34. The minimum absolute atomic E-state index is 0.0858. The van der Waals surface area contributed by atoms with E-state index >= 15 is 0 Å². The molecule has 1 aromatic rings. The summed E-state index contributed by atoms with van der Waals surface area (Å²) in [5.41, 5.74) is 1.20. The number of nitrogens with one attached hydrogen (secondary N) is 1. The van der Waals surface area contributed by atoms with Crippen molar-refractivity contribution in [3.63, 3.8) is 0 Å². The molecule has 116 valence electrons. The van der Waals surface area contributed by atoms with Gasteiger partial charge in [0.1, 0.15) is 11.6 Å². The molecule has 0 unspecified atom stereocenters. The van der Waals surface area contributed by atoms with Crippen molar-refractivity contribution in [1.29, 1.82) is 0 Å². The van der Waals surface area contributed by atoms with E-state index < -0.39 is 11.6 Å². The van der Waals surface area contributed by atoms with Gasteiger partial charge >= 0.3 is 0 Å². The van der Waals surface area contributed by atoms with Gasteiger partial charge in [0.05, 0.1) is 0 Å². The van der Waals surface area contributed by atoms with Gasteiger partial charge in [0.2, 0.25) is 0 Å². The first kappa shape index (κ1) is 15.0. The smallest absolute Gasteiger partial charge is 0.126 e. The van der Waals surface area contributed by atoms with Gasteiger partial charge in [-0.25, -0.2) is 8.78 Å². The molecule has 0 aromatic heterocycles. The molecule has 0 heterocycles. The molecule has 0 bridgehead atoms. The summed E-state index contributed by atoms with van der Waals surface area (Å²) in [5.74, 6) is -0.914. The predicted octanol–water partition coefficient (Wildman–Crippen LogP) is 4.55. The molecule has 21 heavy (non-hydrogen) atoms. The first-order valence-electron chi connectivity index (χ1n) is 8.13. The van der Waals surface area contributed by atoms with Crippen LogP contribution in [0.3, 0.4) is 0 Å². The van der Waals surface area contributed by atoms with Gasteiger partial charge in [0.25, 0.3) is 0 Å². The Morgan fingerprint density at radius 1 is 1.05 bits per heavy atom. The zero-order valence-corrected chi connectivity index (χ0v) is 13.0. The largest absolute Gasteiger partial charge is 0.314 e. The Kier molecular flexibility index (Phi) is 3.81. The van der Waals surface area contributed by atoms with Crippen molar-refractivity contribution in [1.82, 2.24) is 5.32 Å². The van der Waals surface area contributed by atoms with Crippen LogP contribution in [-0.2, 0) is 5.41 Å². The summed E-state index contributed by atoms with van der Waals surface area (Å²) in [4.78, 5) is 0. The molecule has 1 N–H and O–H groups in total. The van der Waals surface area contributed by atoms with Gasteiger partial charge < -0.3 is 5.32 Å². The first-order chi connectivity index (χ1) is 9.93. The van der Waals surface area contributed by atoms with Crippen LogP contribution >= 0.6 is 0 Å². The lowest BCUT2D eigenvalue weighted by Crippen LogP contribution is -2.54. The molecule has 2 aliphatic carbocycles. The minimum Gasteiger partial charge on any atom is -0.314 e. The minimum atomic E-state index is -0.457. The standard InChI is InChI=1S/C18H25F2N/c1-13(2)21-12-18(10-17(11-18)5-3-4-6-17)14-7-15(19)9-16(20)8-14/h7-9,13,21H,3-6,10-12H2,1-2H3. The van der Waals surface area contributed by atoms with Gasteiger partial charge in [-0.15, -0.1) is 0 Å². The first-order valence-corrected chi connectivity index (χ1v) is 8.13. The molecular weight excluding hydrogens is 268 g/mol. The Balaban J connectivity index is 1.86. The van der Waals surface area contributed by atoms with E-state index in [9.17, 15) is 8.78 Å². The summed E-state index contributed by atoms with van der Waals surface area (Å²) < 4.78 is 27.3. The molecule has 0 aliphatic heterocycles. The second kappa shape index (κ2) is 5.35. The second-order valence-electron chi connectivity index (χ2n) is 7.53. The van der Waals surface area contributed by atoms with Crippen LogP contribution in [0, 0.1) is 17.0 Å². The zero-order chi connectivity index (χ0) is 15.1. The van der Waals surface area contributed by atoms with Crippen LogP contribution in [0.5, 0.6) is 0 Å². The highest BCUT2D eigenvalue weighted by Crippen LogP contribution is 2.62. The Hall–Kier alpha value is -0.960. The molecule has 1 nitrogen and oxygen atoms in total. The van der Waals surface area contributed by atoms with E-state index in [-0.39, 0.29) is 5.41 Å². The maximum Gasteiger partial charge on any atom is 0.126 e. The Bertz CT molecular complexity index is 490. The highest BCUT2D eigenvalue weighted by Gasteiger charge is 2.55. The van der Waals surface area contributed by atoms with Crippen LogP contribution in [0.1, 0.15) is 57.9 Å². The molecule has 0 saturated heterocycles. The number of hydrogen-bond acceptors (Lipinski definition) is 1. The van der Waals surface area contributed by atoms with Crippen LogP contribution in [0.25, 0.3) is 0 Å². The van der Waals surface area contributed by atoms with Gasteiger partial charge in [0.15, 0.2) is 0 Å². The topological polar surface area (TPSA) is 12.0 Å². The lowest BCUT2D eigenvalue weighted by Gasteiger charge is -2.56. The van der Waals surface area contributed by atoms with Gasteiger partial charge in [-0.3, -0.25) is 0 Å². The van der Waals surface area contributed by atoms with Crippen LogP contribution in [0.15, 0.2) is 18.2 Å². The fourth-order valence-corrected chi connectivity index (χ4v) is 4.55. The fraction of sp³-hybridized carbons (Fsp3) is 0.667. The number of benzene rings is 1. The van der Waals surface area contributed by atoms with E-state index in [1.165, 1.54) is 37.8 Å². The molecule has 2 fully saturated rings. The summed E-state index contributed by atoms with van der Waals surface area (Å²) in [5, 5.41) is 3.49. The van der Waals surface area contributed by atoms with Crippen LogP contribution in [-0.4, -0.2) is 12.6 Å². The molecule has 3 heteroatoms. The molecule has 1 aromatic carbocycles. The molecule has 1 spiro atoms. The molecule has 0 radical (unpaired) electrons. The number of hydrogen-bond donors (Lipinski definition) is 1. The van der Waals surface area contributed by atoms with Crippen molar-refractivity contribution in [3.8, 4) is 0 Å². The van der Waals surface area contributed by atoms with E-state index in [2.05, 4.69) is 19.2 Å². The van der Waals surface area contributed by atoms with Gasteiger partial charge in [-0.05, 0) is 48.8 Å². The quantitative estimate of drug-likeness (QED) is 0.858. The maximum atomic E-state index is 13.6. The molecule has 3 rings (SSSR count). The lowest BCUT2D eigenvalue weighted by molar-refractivity contribution is 0.0254. The fourth-order valence-electron chi connectivity index (χ4n) is 4.55. The highest BCUT2D eigenvalue weighted by atomic mass is 19.1. The summed E-state index contributed by atoms with van der Waals surface area (Å²) >= 11 is 0. The second-order valence-corrected chi connectivity index (χ2v) is 7.53. The van der Waals surface area contributed by atoms with E-state index in [1.807, 2.05) is 0 Å². The van der Waals surface area contributed by atoms with Crippen LogP contribution in [0.4, 0.5) is 8.78 Å². The van der Waals surface area contributed by atoms with E-state index in [4.69, 9.17) is 0 Å². The molecule has 2 aliphatic rings. The van der Waals surface area contributed by atoms with Gasteiger partial charge in [-0.1, -0.05) is 26.7 Å². The highest BCUT2D eigenvalue weighted by molar-refractivity contribution is 5.33. The van der Waals surface area contributed by atoms with Crippen molar-refractivity contribution in [2.45, 2.75) is 63.8 Å². The van der Waals surface area contributed by atoms with Crippen molar-refractivity contribution < 1.29 is 8.78 Å². The average molecular weight is 293 g/mol. The number of rotatable bonds is 4. The SMILES string of the molecule is CC(C)NCC1(c2cc(F)cc(F)c2)CC2(CCCC2)C1. The molecule has 0 atom stereocenters. The normalized spacial score (nSPS) is 22.7. The van der Waals surface area contributed by atoms with Gasteiger partial charge in [0, 0.05) is 24.1 Å². The lowest BCUT2D eigenvalue weighted by atomic mass is 9.49. The van der Waals surface area contributed by atoms with Crippen LogP contribution in [0.2, 0.25) is 0 Å². The summed E-state index contributed by atoms with van der Waals surface area (Å²) in [6.45, 7) is 5.04. The molecule has 0 amide bonds. The van der Waals surface area contributed by atoms with Crippen molar-refractivity contribution in [2.75, 3.05) is 6.54 Å². The van der Waals surface area contributed by atoms with Gasteiger partial charge in [-0.2, -0.15) is 0 Å². The third-order valence-electron chi connectivity index (χ3n) is 5.41. The van der Waals surface area contributed by atoms with E-state index in [0.29, 0.717) is 11.5 Å². The summed E-state index contributed by atoms with van der Waals surface area (Å²) in [6, 6.07) is 4.43. The average Bonchev–Trinajstić information content (AvgIpc) is 2.82. The van der Waals surface area contributed by atoms with E-state index in [0.717, 1.165) is 31.0 Å². The zero-order valence-electron chi connectivity index (χ0n) is 13.0. The van der Waals surface area contributed by atoms with Crippen molar-refractivity contribution >= 4 is 0 Å². The molecule has 2 saturated carbocycles. The molecular formula is C18H25F2N.